The number of hydrazine groups is 1. The van der Waals surface area contributed by atoms with Gasteiger partial charge in [-0.05, 0) is 49.2 Å². The zero-order valence-corrected chi connectivity index (χ0v) is 15.6. The Morgan fingerprint density at radius 1 is 1.24 bits per heavy atom. The Balaban J connectivity index is 1.30. The summed E-state index contributed by atoms with van der Waals surface area (Å²) in [5.74, 6) is 2.42. The SMILES string of the molecule is CCC1CNNC1C1CCN(Cc2cnc(-c3cccs3)nc2)CC1. The Morgan fingerprint density at radius 3 is 2.72 bits per heavy atom. The highest BCUT2D eigenvalue weighted by atomic mass is 32.1. The van der Waals surface area contributed by atoms with E-state index >= 15 is 0 Å². The van der Waals surface area contributed by atoms with Gasteiger partial charge in [0.1, 0.15) is 0 Å². The van der Waals surface area contributed by atoms with Crippen molar-refractivity contribution in [1.29, 1.82) is 0 Å². The fourth-order valence-corrected chi connectivity index (χ4v) is 4.82. The summed E-state index contributed by atoms with van der Waals surface area (Å²) in [6, 6.07) is 4.76. The van der Waals surface area contributed by atoms with E-state index in [0.717, 1.165) is 35.6 Å². The van der Waals surface area contributed by atoms with Crippen molar-refractivity contribution >= 4 is 11.3 Å². The molecule has 0 spiro atoms. The van der Waals surface area contributed by atoms with Crippen LogP contribution in [-0.2, 0) is 6.54 Å². The van der Waals surface area contributed by atoms with E-state index < -0.39 is 0 Å². The van der Waals surface area contributed by atoms with Gasteiger partial charge < -0.3 is 0 Å². The second-order valence-electron chi connectivity index (χ2n) is 7.23. The molecule has 4 rings (SSSR count). The van der Waals surface area contributed by atoms with Crippen LogP contribution in [0.4, 0.5) is 0 Å². The van der Waals surface area contributed by atoms with E-state index in [1.807, 2.05) is 18.5 Å². The molecule has 0 aliphatic carbocycles. The Hall–Kier alpha value is -1.34. The first kappa shape index (κ1) is 17.1. The number of likely N-dealkylation sites (tertiary alicyclic amines) is 1. The molecule has 2 aromatic heterocycles. The molecule has 5 nitrogen and oxygen atoms in total. The summed E-state index contributed by atoms with van der Waals surface area (Å²) < 4.78 is 0. The van der Waals surface area contributed by atoms with Crippen molar-refractivity contribution in [2.75, 3.05) is 19.6 Å². The van der Waals surface area contributed by atoms with Crippen molar-refractivity contribution in [2.45, 2.75) is 38.8 Å². The number of aromatic nitrogens is 2. The largest absolute Gasteiger partial charge is 0.299 e. The third-order valence-electron chi connectivity index (χ3n) is 5.66. The number of nitrogens with zero attached hydrogens (tertiary/aromatic N) is 3. The van der Waals surface area contributed by atoms with E-state index in [1.54, 1.807) is 11.3 Å². The fraction of sp³-hybridized carbons (Fsp3) is 0.579. The van der Waals surface area contributed by atoms with E-state index in [2.05, 4.69) is 44.1 Å². The van der Waals surface area contributed by atoms with Crippen molar-refractivity contribution in [2.24, 2.45) is 11.8 Å². The second-order valence-corrected chi connectivity index (χ2v) is 8.17. The predicted octanol–water partition coefficient (Wildman–Crippen LogP) is 2.92. The quantitative estimate of drug-likeness (QED) is 0.862. The highest BCUT2D eigenvalue weighted by molar-refractivity contribution is 7.13. The van der Waals surface area contributed by atoms with Crippen molar-refractivity contribution in [3.05, 3.63) is 35.5 Å². The van der Waals surface area contributed by atoms with Crippen molar-refractivity contribution in [3.8, 4) is 10.7 Å². The average Bonchev–Trinajstić information content (AvgIpc) is 3.35. The average molecular weight is 358 g/mol. The summed E-state index contributed by atoms with van der Waals surface area (Å²) in [5.41, 5.74) is 8.10. The maximum atomic E-state index is 4.54. The first-order chi connectivity index (χ1) is 12.3. The van der Waals surface area contributed by atoms with E-state index in [1.165, 1.54) is 37.9 Å². The number of hydrogen-bond donors (Lipinski definition) is 2. The summed E-state index contributed by atoms with van der Waals surface area (Å²) in [7, 11) is 0. The van der Waals surface area contributed by atoms with Gasteiger partial charge in [-0.2, -0.15) is 0 Å². The minimum atomic E-state index is 0.653. The molecule has 2 N–H and O–H groups in total. The molecule has 2 unspecified atom stereocenters. The van der Waals surface area contributed by atoms with Crippen molar-refractivity contribution in [3.63, 3.8) is 0 Å². The Bertz CT molecular complexity index is 649. The number of rotatable bonds is 5. The molecule has 2 fully saturated rings. The van der Waals surface area contributed by atoms with Gasteiger partial charge in [-0.25, -0.2) is 9.97 Å². The monoisotopic (exact) mass is 357 g/mol. The molecule has 25 heavy (non-hydrogen) atoms. The van der Waals surface area contributed by atoms with Crippen LogP contribution in [0.15, 0.2) is 29.9 Å². The molecule has 6 heteroatoms. The van der Waals surface area contributed by atoms with E-state index in [9.17, 15) is 0 Å². The lowest BCUT2D eigenvalue weighted by atomic mass is 9.82. The Kier molecular flexibility index (Phi) is 5.41. The molecule has 4 heterocycles. The van der Waals surface area contributed by atoms with E-state index in [0.29, 0.717) is 6.04 Å². The maximum Gasteiger partial charge on any atom is 0.169 e. The molecule has 134 valence electrons. The highest BCUT2D eigenvalue weighted by Crippen LogP contribution is 2.28. The van der Waals surface area contributed by atoms with E-state index in [-0.39, 0.29) is 0 Å². The van der Waals surface area contributed by atoms with Crippen LogP contribution in [0.3, 0.4) is 0 Å². The molecule has 0 radical (unpaired) electrons. The van der Waals surface area contributed by atoms with Gasteiger partial charge in [0.15, 0.2) is 5.82 Å². The van der Waals surface area contributed by atoms with E-state index in [4.69, 9.17) is 0 Å². The van der Waals surface area contributed by atoms with Gasteiger partial charge in [-0.3, -0.25) is 15.8 Å². The summed E-state index contributed by atoms with van der Waals surface area (Å²) in [4.78, 5) is 12.8. The van der Waals surface area contributed by atoms with Gasteiger partial charge in [0.25, 0.3) is 0 Å². The molecule has 0 amide bonds. The summed E-state index contributed by atoms with van der Waals surface area (Å²) >= 11 is 1.69. The molecule has 2 aliphatic rings. The second kappa shape index (κ2) is 7.91. The lowest BCUT2D eigenvalue weighted by molar-refractivity contribution is 0.143. The molecule has 0 aromatic carbocycles. The molecule has 2 aliphatic heterocycles. The van der Waals surface area contributed by atoms with Gasteiger partial charge in [0.05, 0.1) is 4.88 Å². The van der Waals surface area contributed by atoms with Gasteiger partial charge in [0.2, 0.25) is 0 Å². The van der Waals surface area contributed by atoms with Crippen LogP contribution in [0.5, 0.6) is 0 Å². The van der Waals surface area contributed by atoms with Gasteiger partial charge in [-0.1, -0.05) is 19.4 Å². The van der Waals surface area contributed by atoms with Crippen LogP contribution in [-0.4, -0.2) is 40.5 Å². The number of thiophene rings is 1. The fourth-order valence-electron chi connectivity index (χ4n) is 4.15. The molecular formula is C19H27N5S. The minimum Gasteiger partial charge on any atom is -0.299 e. The number of hydrogen-bond acceptors (Lipinski definition) is 6. The van der Waals surface area contributed by atoms with Crippen LogP contribution in [0.25, 0.3) is 10.7 Å². The highest BCUT2D eigenvalue weighted by Gasteiger charge is 2.34. The minimum absolute atomic E-state index is 0.653. The molecule has 2 atom stereocenters. The topological polar surface area (TPSA) is 53.1 Å². The van der Waals surface area contributed by atoms with Crippen molar-refractivity contribution in [1.82, 2.24) is 25.7 Å². The summed E-state index contributed by atoms with van der Waals surface area (Å²) in [6.07, 6.45) is 7.81. The van der Waals surface area contributed by atoms with Crippen LogP contribution >= 0.6 is 11.3 Å². The number of nitrogens with one attached hydrogen (secondary N) is 2. The smallest absolute Gasteiger partial charge is 0.169 e. The molecule has 2 saturated heterocycles. The third kappa shape index (κ3) is 3.92. The van der Waals surface area contributed by atoms with Gasteiger partial charge in [-0.15, -0.1) is 11.3 Å². The van der Waals surface area contributed by atoms with Crippen LogP contribution in [0.1, 0.15) is 31.7 Å². The maximum absolute atomic E-state index is 4.54. The third-order valence-corrected chi connectivity index (χ3v) is 6.52. The molecule has 2 aromatic rings. The number of piperidine rings is 1. The van der Waals surface area contributed by atoms with Crippen LogP contribution < -0.4 is 10.9 Å². The summed E-state index contributed by atoms with van der Waals surface area (Å²) in [5, 5.41) is 2.06. The molecular weight excluding hydrogens is 330 g/mol. The first-order valence-electron chi connectivity index (χ1n) is 9.39. The predicted molar refractivity (Wildman–Crippen MR) is 102 cm³/mol. The molecule has 0 saturated carbocycles. The normalized spacial score (nSPS) is 25.5. The molecule has 0 bridgehead atoms. The summed E-state index contributed by atoms with van der Waals surface area (Å²) in [6.45, 7) is 6.74. The lowest BCUT2D eigenvalue weighted by Gasteiger charge is -2.36. The van der Waals surface area contributed by atoms with Gasteiger partial charge in [0, 0.05) is 37.1 Å². The van der Waals surface area contributed by atoms with Crippen molar-refractivity contribution < 1.29 is 0 Å². The lowest BCUT2D eigenvalue weighted by Crippen LogP contribution is -2.44. The first-order valence-corrected chi connectivity index (χ1v) is 10.3. The van der Waals surface area contributed by atoms with Crippen LogP contribution in [0.2, 0.25) is 0 Å². The zero-order chi connectivity index (χ0) is 17.1. The standard InChI is InChI=1S/C19H27N5S/c1-2-15-12-22-23-18(15)16-5-7-24(8-6-16)13-14-10-20-19(21-11-14)17-4-3-9-25-17/h3-4,9-11,15-16,18,22-23H,2,5-8,12-13H2,1H3. The van der Waals surface area contributed by atoms with Gasteiger partial charge >= 0.3 is 0 Å². The van der Waals surface area contributed by atoms with Crippen LogP contribution in [0, 0.1) is 11.8 Å². The zero-order valence-electron chi connectivity index (χ0n) is 14.8. The Morgan fingerprint density at radius 2 is 2.04 bits per heavy atom. The Labute approximate surface area is 153 Å².